The third-order valence-electron chi connectivity index (χ3n) is 2.39. The van der Waals surface area contributed by atoms with Crippen LogP contribution in [0.25, 0.3) is 0 Å². The van der Waals surface area contributed by atoms with Crippen LogP contribution in [0.2, 0.25) is 0 Å². The van der Waals surface area contributed by atoms with Gasteiger partial charge in [-0.05, 0) is 34.8 Å². The summed E-state index contributed by atoms with van der Waals surface area (Å²) in [6.07, 6.45) is 5.73. The van der Waals surface area contributed by atoms with Crippen molar-refractivity contribution < 1.29 is 4.74 Å². The Kier molecular flexibility index (Phi) is 3.41. The Morgan fingerprint density at radius 3 is 2.85 bits per heavy atom. The third kappa shape index (κ3) is 2.79. The maximum atomic E-state index is 5.79. The van der Waals surface area contributed by atoms with Gasteiger partial charge in [-0.25, -0.2) is 0 Å². The molecule has 13 heavy (non-hydrogen) atoms. The summed E-state index contributed by atoms with van der Waals surface area (Å²) in [6, 6.07) is 2.14. The van der Waals surface area contributed by atoms with Crippen molar-refractivity contribution in [1.29, 1.82) is 0 Å². The predicted octanol–water partition coefficient (Wildman–Crippen LogP) is 3.97. The summed E-state index contributed by atoms with van der Waals surface area (Å²) in [5.41, 5.74) is 0. The maximum Gasteiger partial charge on any atom is 0.0813 e. The van der Waals surface area contributed by atoms with Gasteiger partial charge in [0.25, 0.3) is 0 Å². The van der Waals surface area contributed by atoms with Gasteiger partial charge in [-0.15, -0.1) is 11.3 Å². The van der Waals surface area contributed by atoms with E-state index in [1.165, 1.54) is 35.0 Å². The van der Waals surface area contributed by atoms with Crippen LogP contribution in [-0.4, -0.2) is 6.10 Å². The molecule has 1 aromatic rings. The van der Waals surface area contributed by atoms with E-state index in [1.807, 2.05) is 0 Å². The molecule has 0 amide bonds. The number of hydrogen-bond acceptors (Lipinski definition) is 2. The van der Waals surface area contributed by atoms with Gasteiger partial charge in [0.2, 0.25) is 0 Å². The van der Waals surface area contributed by atoms with Crippen molar-refractivity contribution in [3.8, 4) is 0 Å². The van der Waals surface area contributed by atoms with Crippen LogP contribution in [0.4, 0.5) is 0 Å². The molecule has 0 saturated heterocycles. The first kappa shape index (κ1) is 9.69. The van der Waals surface area contributed by atoms with E-state index in [2.05, 4.69) is 27.4 Å². The molecule has 2 rings (SSSR count). The molecule has 1 aliphatic carbocycles. The first-order chi connectivity index (χ1) is 6.34. The minimum absolute atomic E-state index is 0.529. The van der Waals surface area contributed by atoms with Crippen molar-refractivity contribution >= 4 is 27.3 Å². The lowest BCUT2D eigenvalue weighted by Crippen LogP contribution is -2.06. The van der Waals surface area contributed by atoms with Crippen molar-refractivity contribution in [3.63, 3.8) is 0 Å². The Morgan fingerprint density at radius 1 is 1.46 bits per heavy atom. The highest BCUT2D eigenvalue weighted by Crippen LogP contribution is 2.25. The third-order valence-corrected chi connectivity index (χ3v) is 4.06. The molecule has 0 N–H and O–H groups in total. The zero-order valence-electron chi connectivity index (χ0n) is 7.46. The van der Waals surface area contributed by atoms with Gasteiger partial charge < -0.3 is 4.74 Å². The normalized spacial score (nSPS) is 18.2. The number of hydrogen-bond donors (Lipinski definition) is 0. The molecular weight excluding hydrogens is 248 g/mol. The van der Waals surface area contributed by atoms with Crippen LogP contribution >= 0.6 is 27.3 Å². The molecular formula is C10H13BrOS. The Hall–Kier alpha value is 0.140. The summed E-state index contributed by atoms with van der Waals surface area (Å²) in [5.74, 6) is 0. The minimum Gasteiger partial charge on any atom is -0.373 e. The molecule has 0 aliphatic heterocycles. The average Bonchev–Trinajstić information content (AvgIpc) is 2.71. The highest BCUT2D eigenvalue weighted by atomic mass is 79.9. The van der Waals surface area contributed by atoms with Gasteiger partial charge in [0.1, 0.15) is 0 Å². The van der Waals surface area contributed by atoms with Crippen LogP contribution in [0.3, 0.4) is 0 Å². The molecule has 1 saturated carbocycles. The molecule has 0 atom stereocenters. The maximum absolute atomic E-state index is 5.79. The summed E-state index contributed by atoms with van der Waals surface area (Å²) >= 11 is 5.20. The van der Waals surface area contributed by atoms with Gasteiger partial charge in [-0.1, -0.05) is 12.8 Å². The molecule has 72 valence electrons. The van der Waals surface area contributed by atoms with Crippen LogP contribution in [0.5, 0.6) is 0 Å². The molecule has 1 aromatic heterocycles. The summed E-state index contributed by atoms with van der Waals surface area (Å²) in [6.45, 7) is 0.793. The van der Waals surface area contributed by atoms with Crippen molar-refractivity contribution in [3.05, 3.63) is 20.8 Å². The van der Waals surface area contributed by atoms with E-state index in [1.54, 1.807) is 11.3 Å². The highest BCUT2D eigenvalue weighted by Gasteiger charge is 2.15. The van der Waals surface area contributed by atoms with Gasteiger partial charge >= 0.3 is 0 Å². The first-order valence-corrected chi connectivity index (χ1v) is 6.36. The fourth-order valence-corrected chi connectivity index (χ4v) is 3.06. The lowest BCUT2D eigenvalue weighted by atomic mass is 10.3. The van der Waals surface area contributed by atoms with Crippen LogP contribution in [-0.2, 0) is 11.3 Å². The predicted molar refractivity (Wildman–Crippen MR) is 59.1 cm³/mol. The lowest BCUT2D eigenvalue weighted by molar-refractivity contribution is 0.0473. The Balaban J connectivity index is 1.78. The van der Waals surface area contributed by atoms with Gasteiger partial charge in [0.15, 0.2) is 0 Å². The van der Waals surface area contributed by atoms with Gasteiger partial charge in [0.05, 0.1) is 12.7 Å². The fraction of sp³-hybridized carbons (Fsp3) is 0.600. The molecule has 0 bridgehead atoms. The average molecular weight is 261 g/mol. The van der Waals surface area contributed by atoms with Gasteiger partial charge in [0, 0.05) is 14.7 Å². The summed E-state index contributed by atoms with van der Waals surface area (Å²) in [5, 5.41) is 2.10. The lowest BCUT2D eigenvalue weighted by Gasteiger charge is -2.08. The standard InChI is InChI=1S/C10H13BrOS/c11-8-5-10(13-7-8)6-12-9-3-1-2-4-9/h5,7,9H,1-4,6H2. The van der Waals surface area contributed by atoms with Crippen molar-refractivity contribution in [2.45, 2.75) is 38.4 Å². The zero-order valence-corrected chi connectivity index (χ0v) is 9.86. The van der Waals surface area contributed by atoms with Crippen LogP contribution in [0, 0.1) is 0 Å². The quantitative estimate of drug-likeness (QED) is 0.800. The molecule has 0 spiro atoms. The number of ether oxygens (including phenoxy) is 1. The molecule has 0 radical (unpaired) electrons. The van der Waals surface area contributed by atoms with E-state index in [4.69, 9.17) is 4.74 Å². The number of halogens is 1. The molecule has 0 aromatic carbocycles. The van der Waals surface area contributed by atoms with E-state index in [-0.39, 0.29) is 0 Å². The van der Waals surface area contributed by atoms with Gasteiger partial charge in [-0.3, -0.25) is 0 Å². The molecule has 0 unspecified atom stereocenters. The fourth-order valence-electron chi connectivity index (χ4n) is 1.68. The summed E-state index contributed by atoms with van der Waals surface area (Å²) in [4.78, 5) is 1.32. The van der Waals surface area contributed by atoms with Crippen LogP contribution < -0.4 is 0 Å². The second-order valence-electron chi connectivity index (χ2n) is 3.45. The van der Waals surface area contributed by atoms with Crippen LogP contribution in [0.1, 0.15) is 30.6 Å². The molecule has 1 nitrogen and oxygen atoms in total. The Labute approximate surface area is 91.2 Å². The smallest absolute Gasteiger partial charge is 0.0813 e. The number of rotatable bonds is 3. The number of thiophene rings is 1. The summed E-state index contributed by atoms with van der Waals surface area (Å²) in [7, 11) is 0. The van der Waals surface area contributed by atoms with Crippen molar-refractivity contribution in [2.24, 2.45) is 0 Å². The highest BCUT2D eigenvalue weighted by molar-refractivity contribution is 9.10. The Morgan fingerprint density at radius 2 is 2.23 bits per heavy atom. The van der Waals surface area contributed by atoms with E-state index >= 15 is 0 Å². The summed E-state index contributed by atoms with van der Waals surface area (Å²) < 4.78 is 6.96. The second-order valence-corrected chi connectivity index (χ2v) is 5.36. The molecule has 1 aliphatic rings. The zero-order chi connectivity index (χ0) is 9.10. The van der Waals surface area contributed by atoms with E-state index in [9.17, 15) is 0 Å². The van der Waals surface area contributed by atoms with Crippen LogP contribution in [0.15, 0.2) is 15.9 Å². The van der Waals surface area contributed by atoms with Crippen molar-refractivity contribution in [2.75, 3.05) is 0 Å². The van der Waals surface area contributed by atoms with E-state index < -0.39 is 0 Å². The Bertz CT molecular complexity index is 266. The van der Waals surface area contributed by atoms with E-state index in [0.717, 1.165) is 6.61 Å². The molecule has 3 heteroatoms. The molecule has 1 fully saturated rings. The second kappa shape index (κ2) is 4.58. The monoisotopic (exact) mass is 260 g/mol. The minimum atomic E-state index is 0.529. The van der Waals surface area contributed by atoms with Crippen molar-refractivity contribution in [1.82, 2.24) is 0 Å². The SMILES string of the molecule is Brc1csc(COC2CCCC2)c1. The van der Waals surface area contributed by atoms with E-state index in [0.29, 0.717) is 6.10 Å². The first-order valence-electron chi connectivity index (χ1n) is 4.69. The topological polar surface area (TPSA) is 9.23 Å². The largest absolute Gasteiger partial charge is 0.373 e. The molecule has 1 heterocycles. The van der Waals surface area contributed by atoms with Gasteiger partial charge in [-0.2, -0.15) is 0 Å².